The normalized spacial score (nSPS) is 21.4. The van der Waals surface area contributed by atoms with Gasteiger partial charge in [-0.1, -0.05) is 6.42 Å². The Hall–Kier alpha value is -1.14. The number of rotatable bonds is 5. The first-order valence-electron chi connectivity index (χ1n) is 7.28. The summed E-state index contributed by atoms with van der Waals surface area (Å²) in [6, 6.07) is 0. The molecule has 6 nitrogen and oxygen atoms in total. The number of carbonyl (C=O) groups excluding carboxylic acids is 2. The number of carbonyl (C=O) groups is 2. The van der Waals surface area contributed by atoms with E-state index in [0.717, 1.165) is 25.7 Å². The number of hydrogen-bond donors (Lipinski definition) is 0. The maximum absolute atomic E-state index is 11.6. The van der Waals surface area contributed by atoms with Gasteiger partial charge in [-0.05, 0) is 25.7 Å². The molecular weight excluding hydrogens is 264 g/mol. The van der Waals surface area contributed by atoms with E-state index in [4.69, 9.17) is 18.9 Å². The fourth-order valence-electron chi connectivity index (χ4n) is 2.41. The zero-order valence-electron chi connectivity index (χ0n) is 11.7. The summed E-state index contributed by atoms with van der Waals surface area (Å²) in [5.41, 5.74) is 0. The largest absolute Gasteiger partial charge is 0.462 e. The third-order valence-electron chi connectivity index (χ3n) is 3.46. The highest BCUT2D eigenvalue weighted by Crippen LogP contribution is 2.20. The summed E-state index contributed by atoms with van der Waals surface area (Å²) >= 11 is 0. The van der Waals surface area contributed by atoms with Gasteiger partial charge in [0.2, 0.25) is 0 Å². The van der Waals surface area contributed by atoms with E-state index in [0.29, 0.717) is 13.2 Å². The summed E-state index contributed by atoms with van der Waals surface area (Å²) in [5.74, 6) is -0.727. The van der Waals surface area contributed by atoms with Crippen molar-refractivity contribution < 1.29 is 28.5 Å². The Bertz CT molecular complexity index is 286. The SMILES string of the molecule is O=C(CCC(=O)OC1COCOC1)OC1CCCCC1. The fourth-order valence-corrected chi connectivity index (χ4v) is 2.41. The second-order valence-electron chi connectivity index (χ2n) is 5.22. The first-order chi connectivity index (χ1) is 9.74. The molecule has 6 heteroatoms. The van der Waals surface area contributed by atoms with Gasteiger partial charge in [0.15, 0.2) is 0 Å². The van der Waals surface area contributed by atoms with E-state index in [9.17, 15) is 9.59 Å². The molecule has 1 saturated carbocycles. The molecule has 0 spiro atoms. The molecule has 0 aromatic rings. The minimum absolute atomic E-state index is 0.0346. The lowest BCUT2D eigenvalue weighted by Crippen LogP contribution is -2.33. The maximum Gasteiger partial charge on any atom is 0.306 e. The molecule has 0 aromatic carbocycles. The van der Waals surface area contributed by atoms with Crippen molar-refractivity contribution in [2.24, 2.45) is 0 Å². The molecule has 1 saturated heterocycles. The van der Waals surface area contributed by atoms with Crippen LogP contribution in [-0.2, 0) is 28.5 Å². The van der Waals surface area contributed by atoms with E-state index in [1.165, 1.54) is 6.42 Å². The molecule has 0 N–H and O–H groups in total. The van der Waals surface area contributed by atoms with Gasteiger partial charge in [0.05, 0.1) is 26.1 Å². The molecule has 114 valence electrons. The van der Waals surface area contributed by atoms with Gasteiger partial charge in [-0.3, -0.25) is 9.59 Å². The Morgan fingerprint density at radius 3 is 2.00 bits per heavy atom. The first kappa shape index (κ1) is 15.3. The Balaban J connectivity index is 1.58. The molecule has 0 bridgehead atoms. The van der Waals surface area contributed by atoms with Gasteiger partial charge < -0.3 is 18.9 Å². The quantitative estimate of drug-likeness (QED) is 0.714. The van der Waals surface area contributed by atoms with E-state index in [1.54, 1.807) is 0 Å². The van der Waals surface area contributed by atoms with Crippen LogP contribution in [0, 0.1) is 0 Å². The molecule has 0 aromatic heterocycles. The van der Waals surface area contributed by atoms with E-state index in [-0.39, 0.29) is 37.8 Å². The van der Waals surface area contributed by atoms with Gasteiger partial charge in [-0.15, -0.1) is 0 Å². The molecule has 1 aliphatic carbocycles. The summed E-state index contributed by atoms with van der Waals surface area (Å²) in [7, 11) is 0. The molecule has 2 rings (SSSR count). The standard InChI is InChI=1S/C14H22O6/c15-13(19-11-4-2-1-3-5-11)6-7-14(16)20-12-8-17-10-18-9-12/h11-12H,1-10H2. The summed E-state index contributed by atoms with van der Waals surface area (Å²) in [6.07, 6.45) is 5.10. The molecule has 2 fully saturated rings. The Labute approximate surface area is 118 Å². The molecule has 1 aliphatic heterocycles. The van der Waals surface area contributed by atoms with Gasteiger partial charge >= 0.3 is 11.9 Å². The van der Waals surface area contributed by atoms with Crippen LogP contribution in [0.1, 0.15) is 44.9 Å². The third-order valence-corrected chi connectivity index (χ3v) is 3.46. The van der Waals surface area contributed by atoms with Crippen molar-refractivity contribution in [3.8, 4) is 0 Å². The maximum atomic E-state index is 11.6. The molecule has 0 amide bonds. The molecule has 20 heavy (non-hydrogen) atoms. The zero-order valence-corrected chi connectivity index (χ0v) is 11.7. The molecule has 0 radical (unpaired) electrons. The minimum Gasteiger partial charge on any atom is -0.462 e. The fraction of sp³-hybridized carbons (Fsp3) is 0.857. The van der Waals surface area contributed by atoms with Gasteiger partial charge in [0.25, 0.3) is 0 Å². The van der Waals surface area contributed by atoms with Gasteiger partial charge in [-0.25, -0.2) is 0 Å². The van der Waals surface area contributed by atoms with E-state index >= 15 is 0 Å². The van der Waals surface area contributed by atoms with Crippen LogP contribution in [0.25, 0.3) is 0 Å². The third kappa shape index (κ3) is 5.46. The highest BCUT2D eigenvalue weighted by atomic mass is 16.7. The van der Waals surface area contributed by atoms with Gasteiger partial charge in [0, 0.05) is 0 Å². The van der Waals surface area contributed by atoms with Crippen molar-refractivity contribution in [2.75, 3.05) is 20.0 Å². The van der Waals surface area contributed by atoms with Gasteiger partial charge in [-0.2, -0.15) is 0 Å². The van der Waals surface area contributed by atoms with Crippen LogP contribution in [0.4, 0.5) is 0 Å². The number of ether oxygens (including phenoxy) is 4. The van der Waals surface area contributed by atoms with Crippen molar-refractivity contribution in [3.63, 3.8) is 0 Å². The Morgan fingerprint density at radius 2 is 1.40 bits per heavy atom. The predicted octanol–water partition coefficient (Wildman–Crippen LogP) is 1.56. The van der Waals surface area contributed by atoms with Gasteiger partial charge in [0.1, 0.15) is 19.0 Å². The Morgan fingerprint density at radius 1 is 0.850 bits per heavy atom. The highest BCUT2D eigenvalue weighted by molar-refractivity contribution is 5.77. The van der Waals surface area contributed by atoms with Crippen molar-refractivity contribution >= 4 is 11.9 Å². The van der Waals surface area contributed by atoms with Crippen molar-refractivity contribution in [1.29, 1.82) is 0 Å². The molecular formula is C14H22O6. The topological polar surface area (TPSA) is 71.1 Å². The zero-order chi connectivity index (χ0) is 14.2. The smallest absolute Gasteiger partial charge is 0.306 e. The lowest BCUT2D eigenvalue weighted by Gasteiger charge is -2.23. The van der Waals surface area contributed by atoms with Crippen LogP contribution in [0.15, 0.2) is 0 Å². The van der Waals surface area contributed by atoms with Crippen molar-refractivity contribution in [3.05, 3.63) is 0 Å². The van der Waals surface area contributed by atoms with Crippen LogP contribution in [0.2, 0.25) is 0 Å². The monoisotopic (exact) mass is 286 g/mol. The molecule has 0 unspecified atom stereocenters. The second-order valence-corrected chi connectivity index (χ2v) is 5.22. The summed E-state index contributed by atoms with van der Waals surface area (Å²) in [4.78, 5) is 23.2. The van der Waals surface area contributed by atoms with Crippen LogP contribution < -0.4 is 0 Å². The summed E-state index contributed by atoms with van der Waals surface area (Å²) < 4.78 is 20.5. The highest BCUT2D eigenvalue weighted by Gasteiger charge is 2.21. The molecule has 0 atom stereocenters. The number of esters is 2. The predicted molar refractivity (Wildman–Crippen MR) is 68.9 cm³/mol. The van der Waals surface area contributed by atoms with Crippen LogP contribution in [-0.4, -0.2) is 44.2 Å². The Kier molecular flexibility index (Phi) is 6.26. The van der Waals surface area contributed by atoms with E-state index < -0.39 is 5.97 Å². The minimum atomic E-state index is -0.412. The average Bonchev–Trinajstić information content (AvgIpc) is 2.47. The molecule has 2 aliphatic rings. The van der Waals surface area contributed by atoms with Crippen molar-refractivity contribution in [1.82, 2.24) is 0 Å². The van der Waals surface area contributed by atoms with E-state index in [1.807, 2.05) is 0 Å². The van der Waals surface area contributed by atoms with Crippen molar-refractivity contribution in [2.45, 2.75) is 57.2 Å². The lowest BCUT2D eigenvalue weighted by atomic mass is 9.98. The lowest BCUT2D eigenvalue weighted by molar-refractivity contribution is -0.184. The number of hydrogen-bond acceptors (Lipinski definition) is 6. The summed E-state index contributed by atoms with van der Waals surface area (Å²) in [5, 5.41) is 0. The summed E-state index contributed by atoms with van der Waals surface area (Å²) in [6.45, 7) is 0.929. The van der Waals surface area contributed by atoms with Crippen LogP contribution in [0.5, 0.6) is 0 Å². The second kappa shape index (κ2) is 8.21. The van der Waals surface area contributed by atoms with Crippen LogP contribution >= 0.6 is 0 Å². The van der Waals surface area contributed by atoms with E-state index in [2.05, 4.69) is 0 Å². The average molecular weight is 286 g/mol. The molecule has 1 heterocycles. The first-order valence-corrected chi connectivity index (χ1v) is 7.28. The van der Waals surface area contributed by atoms with Crippen LogP contribution in [0.3, 0.4) is 0 Å².